The lowest BCUT2D eigenvalue weighted by atomic mass is 9.77. The van der Waals surface area contributed by atoms with Crippen molar-refractivity contribution < 1.29 is 4.79 Å². The van der Waals surface area contributed by atoms with Crippen LogP contribution in [0.5, 0.6) is 0 Å². The molecule has 0 aliphatic heterocycles. The van der Waals surface area contributed by atoms with Crippen LogP contribution in [0.15, 0.2) is 0 Å². The Morgan fingerprint density at radius 3 is 2.37 bits per heavy atom. The summed E-state index contributed by atoms with van der Waals surface area (Å²) >= 11 is 5.06. The van der Waals surface area contributed by atoms with Gasteiger partial charge in [-0.1, -0.05) is 52.3 Å². The number of carbonyl (C=O) groups is 1. The first kappa shape index (κ1) is 16.4. The third kappa shape index (κ3) is 4.44. The van der Waals surface area contributed by atoms with E-state index in [1.165, 1.54) is 0 Å². The third-order valence-corrected chi connectivity index (χ3v) is 4.35. The molecule has 0 aromatic heterocycles. The van der Waals surface area contributed by atoms with Gasteiger partial charge >= 0.3 is 0 Å². The average molecular weight is 284 g/mol. The fraction of sp³-hybridized carbons (Fsp3) is 0.867. The molecule has 0 aromatic carbocycles. The van der Waals surface area contributed by atoms with Crippen LogP contribution in [0.2, 0.25) is 0 Å². The number of amides is 1. The highest BCUT2D eigenvalue weighted by molar-refractivity contribution is 7.80. The molecule has 1 fully saturated rings. The molecule has 0 aromatic rings. The number of hydrogen-bond donors (Lipinski definition) is 2. The highest BCUT2D eigenvalue weighted by Gasteiger charge is 2.41. The zero-order valence-corrected chi connectivity index (χ0v) is 13.3. The third-order valence-electron chi connectivity index (χ3n) is 4.07. The van der Waals surface area contributed by atoms with Gasteiger partial charge in [0.25, 0.3) is 0 Å². The second-order valence-corrected chi connectivity index (χ2v) is 6.77. The summed E-state index contributed by atoms with van der Waals surface area (Å²) in [6.45, 7) is 6.45. The Hall–Kier alpha value is -0.640. The lowest BCUT2D eigenvalue weighted by Gasteiger charge is -2.31. The van der Waals surface area contributed by atoms with E-state index in [-0.39, 0.29) is 17.4 Å². The lowest BCUT2D eigenvalue weighted by molar-refractivity contribution is -0.132. The van der Waals surface area contributed by atoms with Crippen LogP contribution in [-0.4, -0.2) is 16.9 Å². The van der Waals surface area contributed by atoms with E-state index >= 15 is 0 Å². The molecule has 3 N–H and O–H groups in total. The SMILES string of the molecule is CCCC(NC(=O)C1(CC(C)C)CCCC1)C(N)=S. The molecule has 0 bridgehead atoms. The van der Waals surface area contributed by atoms with Crippen molar-refractivity contribution in [1.29, 1.82) is 0 Å². The van der Waals surface area contributed by atoms with Gasteiger partial charge in [0.05, 0.1) is 11.0 Å². The molecular weight excluding hydrogens is 256 g/mol. The highest BCUT2D eigenvalue weighted by atomic mass is 32.1. The summed E-state index contributed by atoms with van der Waals surface area (Å²) < 4.78 is 0. The summed E-state index contributed by atoms with van der Waals surface area (Å²) in [7, 11) is 0. The summed E-state index contributed by atoms with van der Waals surface area (Å²) in [5, 5.41) is 3.10. The van der Waals surface area contributed by atoms with Crippen LogP contribution in [0.4, 0.5) is 0 Å². The van der Waals surface area contributed by atoms with Gasteiger partial charge in [-0.3, -0.25) is 4.79 Å². The number of rotatable bonds is 7. The summed E-state index contributed by atoms with van der Waals surface area (Å²) in [5.41, 5.74) is 5.56. The maximum absolute atomic E-state index is 12.7. The Morgan fingerprint density at radius 2 is 1.95 bits per heavy atom. The predicted octanol–water partition coefficient (Wildman–Crippen LogP) is 3.16. The molecule has 1 aliphatic rings. The van der Waals surface area contributed by atoms with Crippen molar-refractivity contribution in [2.24, 2.45) is 17.1 Å². The smallest absolute Gasteiger partial charge is 0.226 e. The highest BCUT2D eigenvalue weighted by Crippen LogP contribution is 2.43. The summed E-state index contributed by atoms with van der Waals surface area (Å²) in [5.74, 6) is 0.711. The van der Waals surface area contributed by atoms with Crippen molar-refractivity contribution in [2.75, 3.05) is 0 Å². The van der Waals surface area contributed by atoms with Crippen LogP contribution < -0.4 is 11.1 Å². The van der Waals surface area contributed by atoms with Gasteiger partial charge in [0.15, 0.2) is 0 Å². The molecule has 0 heterocycles. The van der Waals surface area contributed by atoms with Crippen molar-refractivity contribution >= 4 is 23.1 Å². The molecule has 1 saturated carbocycles. The van der Waals surface area contributed by atoms with Crippen molar-refractivity contribution in [3.05, 3.63) is 0 Å². The maximum atomic E-state index is 12.7. The van der Waals surface area contributed by atoms with Crippen LogP contribution in [-0.2, 0) is 4.79 Å². The van der Waals surface area contributed by atoms with Gasteiger partial charge in [0, 0.05) is 5.41 Å². The molecule has 4 heteroatoms. The Kier molecular flexibility index (Phi) is 6.24. The second-order valence-electron chi connectivity index (χ2n) is 6.30. The van der Waals surface area contributed by atoms with Crippen LogP contribution in [0.25, 0.3) is 0 Å². The first-order valence-corrected chi connectivity index (χ1v) is 7.92. The van der Waals surface area contributed by atoms with E-state index in [1.54, 1.807) is 0 Å². The minimum absolute atomic E-state index is 0.142. The van der Waals surface area contributed by atoms with Crippen molar-refractivity contribution in [3.8, 4) is 0 Å². The van der Waals surface area contributed by atoms with Crippen LogP contribution in [0, 0.1) is 11.3 Å². The normalized spacial score (nSPS) is 19.4. The number of hydrogen-bond acceptors (Lipinski definition) is 2. The summed E-state index contributed by atoms with van der Waals surface area (Å²) in [6.07, 6.45) is 7.10. The molecule has 1 aliphatic carbocycles. The largest absolute Gasteiger partial charge is 0.392 e. The summed E-state index contributed by atoms with van der Waals surface area (Å²) in [4.78, 5) is 13.1. The molecule has 1 atom stereocenters. The molecule has 1 unspecified atom stereocenters. The first-order valence-electron chi connectivity index (χ1n) is 7.51. The molecule has 1 amide bonds. The van der Waals surface area contributed by atoms with E-state index in [4.69, 9.17) is 18.0 Å². The number of nitrogens with two attached hydrogens (primary N) is 1. The van der Waals surface area contributed by atoms with E-state index in [0.717, 1.165) is 44.9 Å². The van der Waals surface area contributed by atoms with E-state index in [0.29, 0.717) is 10.9 Å². The average Bonchev–Trinajstić information content (AvgIpc) is 2.77. The van der Waals surface area contributed by atoms with Crippen molar-refractivity contribution in [1.82, 2.24) is 5.32 Å². The lowest BCUT2D eigenvalue weighted by Crippen LogP contribution is -2.49. The van der Waals surface area contributed by atoms with Crippen molar-refractivity contribution in [2.45, 2.75) is 71.8 Å². The maximum Gasteiger partial charge on any atom is 0.226 e. The predicted molar refractivity (Wildman–Crippen MR) is 84.0 cm³/mol. The number of nitrogens with one attached hydrogen (secondary N) is 1. The monoisotopic (exact) mass is 284 g/mol. The first-order chi connectivity index (χ1) is 8.91. The van der Waals surface area contributed by atoms with Crippen LogP contribution >= 0.6 is 12.2 Å². The minimum Gasteiger partial charge on any atom is -0.392 e. The standard InChI is InChI=1S/C15H28N2OS/c1-4-7-12(13(16)19)17-14(18)15(10-11(2)3)8-5-6-9-15/h11-12H,4-10H2,1-3H3,(H2,16,19)(H,17,18). The second kappa shape index (κ2) is 7.22. The van der Waals surface area contributed by atoms with Gasteiger partial charge in [0.2, 0.25) is 5.91 Å². The topological polar surface area (TPSA) is 55.1 Å². The minimum atomic E-state index is -0.176. The number of thiocarbonyl (C=S) groups is 1. The Balaban J connectivity index is 2.74. The molecule has 0 spiro atoms. The van der Waals surface area contributed by atoms with E-state index < -0.39 is 0 Å². The van der Waals surface area contributed by atoms with Crippen molar-refractivity contribution in [3.63, 3.8) is 0 Å². The fourth-order valence-corrected chi connectivity index (χ4v) is 3.42. The zero-order valence-electron chi connectivity index (χ0n) is 12.5. The van der Waals surface area contributed by atoms with E-state index in [1.807, 2.05) is 0 Å². The van der Waals surface area contributed by atoms with Gasteiger partial charge in [-0.15, -0.1) is 0 Å². The molecule has 3 nitrogen and oxygen atoms in total. The molecule has 0 radical (unpaired) electrons. The van der Waals surface area contributed by atoms with Gasteiger partial charge in [0.1, 0.15) is 0 Å². The number of carbonyl (C=O) groups excluding carboxylic acids is 1. The summed E-state index contributed by atoms with van der Waals surface area (Å²) in [6, 6.07) is -0.142. The molecule has 19 heavy (non-hydrogen) atoms. The fourth-order valence-electron chi connectivity index (χ4n) is 3.24. The zero-order chi connectivity index (χ0) is 14.5. The van der Waals surface area contributed by atoms with Crippen LogP contribution in [0.3, 0.4) is 0 Å². The molecule has 1 rings (SSSR count). The Bertz CT molecular complexity index is 322. The quantitative estimate of drug-likeness (QED) is 0.706. The Morgan fingerprint density at radius 1 is 1.37 bits per heavy atom. The van der Waals surface area contributed by atoms with Gasteiger partial charge in [-0.05, 0) is 31.6 Å². The van der Waals surface area contributed by atoms with E-state index in [2.05, 4.69) is 26.1 Å². The van der Waals surface area contributed by atoms with Gasteiger partial charge in [-0.2, -0.15) is 0 Å². The van der Waals surface area contributed by atoms with E-state index in [9.17, 15) is 4.79 Å². The Labute approximate surface area is 122 Å². The van der Waals surface area contributed by atoms with Crippen LogP contribution in [0.1, 0.15) is 65.7 Å². The van der Waals surface area contributed by atoms with Gasteiger partial charge in [-0.25, -0.2) is 0 Å². The van der Waals surface area contributed by atoms with Gasteiger partial charge < -0.3 is 11.1 Å². The molecular formula is C15H28N2OS. The molecule has 110 valence electrons. The molecule has 0 saturated heterocycles.